The maximum atomic E-state index is 13.3. The average Bonchev–Trinajstić information content (AvgIpc) is 3.28. The molecule has 29 heavy (non-hydrogen) atoms. The van der Waals surface area contributed by atoms with Crippen molar-refractivity contribution < 1.29 is 18.7 Å². The molecule has 0 spiro atoms. The van der Waals surface area contributed by atoms with Crippen molar-refractivity contribution in [1.29, 1.82) is 0 Å². The number of anilines is 1. The number of hydrogen-bond acceptors (Lipinski definition) is 6. The standard InChI is InChI=1S/C20H20FN3O3S.ClH/c1-23(2)8-3-9-24(19(25)13-4-6-14(21)7-5-13)20-22-15-10-16-17(27-12-26-16)11-18(15)28-20;/h4-7,10-11H,3,8-9,12H2,1-2H3;1H. The summed E-state index contributed by atoms with van der Waals surface area (Å²) in [5, 5.41) is 0.603. The second-order valence-electron chi connectivity index (χ2n) is 6.79. The molecule has 0 saturated heterocycles. The minimum absolute atomic E-state index is 0. The molecular weight excluding hydrogens is 417 g/mol. The molecule has 154 valence electrons. The maximum absolute atomic E-state index is 13.3. The zero-order chi connectivity index (χ0) is 19.7. The average molecular weight is 438 g/mol. The van der Waals surface area contributed by atoms with Crippen molar-refractivity contribution in [2.24, 2.45) is 0 Å². The molecule has 1 aliphatic heterocycles. The van der Waals surface area contributed by atoms with Crippen molar-refractivity contribution in [3.05, 3.63) is 47.8 Å². The monoisotopic (exact) mass is 437 g/mol. The molecular formula is C20H21ClFN3O3S. The summed E-state index contributed by atoms with van der Waals surface area (Å²) in [7, 11) is 3.98. The Labute approximate surface area is 178 Å². The molecule has 2 aromatic carbocycles. The number of carbonyl (C=O) groups excluding carboxylic acids is 1. The number of halogens is 2. The van der Waals surface area contributed by atoms with Crippen LogP contribution in [0.4, 0.5) is 9.52 Å². The normalized spacial score (nSPS) is 12.3. The number of hydrogen-bond donors (Lipinski definition) is 0. The van der Waals surface area contributed by atoms with Crippen molar-refractivity contribution >= 4 is 45.0 Å². The summed E-state index contributed by atoms with van der Waals surface area (Å²) >= 11 is 1.43. The number of nitrogens with zero attached hydrogens (tertiary/aromatic N) is 3. The molecule has 0 bridgehead atoms. The van der Waals surface area contributed by atoms with Gasteiger partial charge in [-0.25, -0.2) is 9.37 Å². The number of ether oxygens (including phenoxy) is 2. The molecule has 1 amide bonds. The van der Waals surface area contributed by atoms with Gasteiger partial charge in [-0.05, 0) is 51.3 Å². The van der Waals surface area contributed by atoms with E-state index in [2.05, 4.69) is 9.88 Å². The van der Waals surface area contributed by atoms with Gasteiger partial charge in [-0.2, -0.15) is 0 Å². The number of amides is 1. The number of fused-ring (bicyclic) bond motifs is 2. The van der Waals surface area contributed by atoms with Crippen LogP contribution < -0.4 is 14.4 Å². The zero-order valence-electron chi connectivity index (χ0n) is 16.1. The Morgan fingerprint density at radius 1 is 1.14 bits per heavy atom. The molecule has 9 heteroatoms. The van der Waals surface area contributed by atoms with Crippen molar-refractivity contribution in [3.63, 3.8) is 0 Å². The zero-order valence-corrected chi connectivity index (χ0v) is 17.7. The van der Waals surface area contributed by atoms with Crippen LogP contribution >= 0.6 is 23.7 Å². The fourth-order valence-corrected chi connectivity index (χ4v) is 4.00. The first-order valence-corrected chi connectivity index (χ1v) is 9.75. The third kappa shape index (κ3) is 4.60. The lowest BCUT2D eigenvalue weighted by molar-refractivity contribution is 0.0986. The van der Waals surface area contributed by atoms with Crippen LogP contribution in [0.25, 0.3) is 10.2 Å². The van der Waals surface area contributed by atoms with Gasteiger partial charge in [-0.1, -0.05) is 11.3 Å². The molecule has 0 fully saturated rings. The first-order valence-electron chi connectivity index (χ1n) is 8.93. The molecule has 1 aliphatic rings. The molecule has 2 heterocycles. The summed E-state index contributed by atoms with van der Waals surface area (Å²) in [6, 6.07) is 9.31. The molecule has 4 rings (SSSR count). The minimum Gasteiger partial charge on any atom is -0.454 e. The summed E-state index contributed by atoms with van der Waals surface area (Å²) in [5.41, 5.74) is 1.19. The molecule has 0 radical (unpaired) electrons. The van der Waals surface area contributed by atoms with Gasteiger partial charge in [0.2, 0.25) is 6.79 Å². The number of rotatable bonds is 6. The Morgan fingerprint density at radius 3 is 2.52 bits per heavy atom. The van der Waals surface area contributed by atoms with Gasteiger partial charge in [0.15, 0.2) is 16.6 Å². The summed E-state index contributed by atoms with van der Waals surface area (Å²) < 4.78 is 25.0. The Hall–Kier alpha value is -2.42. The van der Waals surface area contributed by atoms with E-state index in [-0.39, 0.29) is 30.9 Å². The van der Waals surface area contributed by atoms with Crippen LogP contribution in [0.2, 0.25) is 0 Å². The van der Waals surface area contributed by atoms with Gasteiger partial charge >= 0.3 is 0 Å². The van der Waals surface area contributed by atoms with E-state index in [1.807, 2.05) is 26.2 Å². The predicted octanol–water partition coefficient (Wildman–Crippen LogP) is 4.18. The number of aromatic nitrogens is 1. The van der Waals surface area contributed by atoms with Gasteiger partial charge in [-0.3, -0.25) is 9.69 Å². The van der Waals surface area contributed by atoms with Gasteiger partial charge < -0.3 is 14.4 Å². The van der Waals surface area contributed by atoms with E-state index < -0.39 is 0 Å². The van der Waals surface area contributed by atoms with Crippen LogP contribution in [0.3, 0.4) is 0 Å². The van der Waals surface area contributed by atoms with E-state index in [1.54, 1.807) is 4.90 Å². The Balaban J connectivity index is 0.00000240. The number of carbonyl (C=O) groups is 1. The van der Waals surface area contributed by atoms with Crippen LogP contribution in [0.15, 0.2) is 36.4 Å². The fraction of sp³-hybridized carbons (Fsp3) is 0.300. The molecule has 6 nitrogen and oxygen atoms in total. The summed E-state index contributed by atoms with van der Waals surface area (Å²) in [6.45, 7) is 1.56. The first kappa shape index (κ1) is 21.3. The van der Waals surface area contributed by atoms with Crippen LogP contribution in [0.5, 0.6) is 11.5 Å². The summed E-state index contributed by atoms with van der Waals surface area (Å²) in [5.74, 6) is 0.781. The highest BCUT2D eigenvalue weighted by Crippen LogP contribution is 2.40. The minimum atomic E-state index is -0.370. The second kappa shape index (κ2) is 8.94. The largest absolute Gasteiger partial charge is 0.454 e. The quantitative estimate of drug-likeness (QED) is 0.579. The summed E-state index contributed by atoms with van der Waals surface area (Å²) in [4.78, 5) is 21.5. The lowest BCUT2D eigenvalue weighted by atomic mass is 10.2. The predicted molar refractivity (Wildman–Crippen MR) is 114 cm³/mol. The Bertz CT molecular complexity index is 969. The third-order valence-electron chi connectivity index (χ3n) is 4.43. The van der Waals surface area contributed by atoms with Crippen LogP contribution in [0.1, 0.15) is 16.8 Å². The number of benzene rings is 2. The van der Waals surface area contributed by atoms with E-state index >= 15 is 0 Å². The van der Waals surface area contributed by atoms with E-state index in [0.717, 1.165) is 23.2 Å². The van der Waals surface area contributed by atoms with Crippen molar-refractivity contribution in [2.45, 2.75) is 6.42 Å². The highest BCUT2D eigenvalue weighted by atomic mass is 35.5. The van der Waals surface area contributed by atoms with E-state index in [9.17, 15) is 9.18 Å². The van der Waals surface area contributed by atoms with E-state index in [0.29, 0.717) is 28.7 Å². The van der Waals surface area contributed by atoms with E-state index in [1.165, 1.54) is 35.6 Å². The van der Waals surface area contributed by atoms with Crippen molar-refractivity contribution in [3.8, 4) is 11.5 Å². The molecule has 0 unspecified atom stereocenters. The van der Waals surface area contributed by atoms with Crippen LogP contribution in [0, 0.1) is 5.82 Å². The van der Waals surface area contributed by atoms with Gasteiger partial charge in [0, 0.05) is 24.2 Å². The highest BCUT2D eigenvalue weighted by molar-refractivity contribution is 7.22. The lowest BCUT2D eigenvalue weighted by Crippen LogP contribution is -2.33. The molecule has 1 aromatic heterocycles. The van der Waals surface area contributed by atoms with Gasteiger partial charge in [0.05, 0.1) is 10.2 Å². The third-order valence-corrected chi connectivity index (χ3v) is 5.47. The second-order valence-corrected chi connectivity index (χ2v) is 7.80. The Morgan fingerprint density at radius 2 is 1.83 bits per heavy atom. The smallest absolute Gasteiger partial charge is 0.260 e. The molecule has 0 saturated carbocycles. The molecule has 3 aromatic rings. The topological polar surface area (TPSA) is 54.9 Å². The SMILES string of the molecule is CN(C)CCCN(C(=O)c1ccc(F)cc1)c1nc2cc3c(cc2s1)OCO3.Cl. The molecule has 0 N–H and O–H groups in total. The first-order chi connectivity index (χ1) is 13.5. The fourth-order valence-electron chi connectivity index (χ4n) is 3.00. The lowest BCUT2D eigenvalue weighted by Gasteiger charge is -2.21. The van der Waals surface area contributed by atoms with Crippen LogP contribution in [-0.4, -0.2) is 49.8 Å². The summed E-state index contributed by atoms with van der Waals surface area (Å²) in [6.07, 6.45) is 0.790. The highest BCUT2D eigenvalue weighted by Gasteiger charge is 2.23. The van der Waals surface area contributed by atoms with Gasteiger partial charge in [-0.15, -0.1) is 12.4 Å². The van der Waals surface area contributed by atoms with E-state index in [4.69, 9.17) is 9.47 Å². The Kier molecular flexibility index (Phi) is 6.56. The number of thiazole rings is 1. The van der Waals surface area contributed by atoms with Gasteiger partial charge in [0.25, 0.3) is 5.91 Å². The molecule has 0 aliphatic carbocycles. The maximum Gasteiger partial charge on any atom is 0.260 e. The van der Waals surface area contributed by atoms with Crippen LogP contribution in [-0.2, 0) is 0 Å². The van der Waals surface area contributed by atoms with Gasteiger partial charge in [0.1, 0.15) is 5.82 Å². The molecule has 0 atom stereocenters. The van der Waals surface area contributed by atoms with Crippen molar-refractivity contribution in [1.82, 2.24) is 9.88 Å². The van der Waals surface area contributed by atoms with Crippen molar-refractivity contribution in [2.75, 3.05) is 38.9 Å².